The number of ether oxygens (including phenoxy) is 2. The number of hydrogen-bond acceptors (Lipinski definition) is 4. The van der Waals surface area contributed by atoms with E-state index < -0.39 is 0 Å². The van der Waals surface area contributed by atoms with E-state index in [0.29, 0.717) is 6.79 Å². The summed E-state index contributed by atoms with van der Waals surface area (Å²) in [5.74, 6) is 1.80. The summed E-state index contributed by atoms with van der Waals surface area (Å²) in [6, 6.07) is 12.9. The first-order valence-electron chi connectivity index (χ1n) is 8.63. The molecule has 0 aliphatic carbocycles. The van der Waals surface area contributed by atoms with Crippen LogP contribution >= 0.6 is 0 Å². The van der Waals surface area contributed by atoms with Crippen LogP contribution in [0.4, 0.5) is 5.69 Å². The normalized spacial score (nSPS) is 17.3. The van der Waals surface area contributed by atoms with Gasteiger partial charge in [0, 0.05) is 44.0 Å². The van der Waals surface area contributed by atoms with Gasteiger partial charge in [0.1, 0.15) is 0 Å². The van der Waals surface area contributed by atoms with Crippen LogP contribution in [0.3, 0.4) is 0 Å². The third-order valence-electron chi connectivity index (χ3n) is 4.95. The van der Waals surface area contributed by atoms with Crippen molar-refractivity contribution in [2.75, 3.05) is 37.9 Å². The van der Waals surface area contributed by atoms with Gasteiger partial charge >= 0.3 is 0 Å². The van der Waals surface area contributed by atoms with E-state index in [1.54, 1.807) is 0 Å². The van der Waals surface area contributed by atoms with Crippen LogP contribution in [0.1, 0.15) is 16.7 Å². The molecule has 0 spiro atoms. The Hall–Kier alpha value is -2.20. The molecule has 4 rings (SSSR count). The second-order valence-corrected chi connectivity index (χ2v) is 6.70. The van der Waals surface area contributed by atoms with Crippen molar-refractivity contribution >= 4 is 5.69 Å². The maximum Gasteiger partial charge on any atom is 0.231 e. The summed E-state index contributed by atoms with van der Waals surface area (Å²) in [5, 5.41) is 0. The minimum atomic E-state index is 0.340. The predicted octanol–water partition coefficient (Wildman–Crippen LogP) is 3.35. The maximum absolute atomic E-state index is 5.63. The minimum absolute atomic E-state index is 0.340. The molecule has 0 amide bonds. The highest BCUT2D eigenvalue weighted by Gasteiger charge is 2.22. The van der Waals surface area contributed by atoms with Crippen molar-refractivity contribution in [2.24, 2.45) is 0 Å². The molecule has 24 heavy (non-hydrogen) atoms. The summed E-state index contributed by atoms with van der Waals surface area (Å²) < 4.78 is 11.1. The van der Waals surface area contributed by atoms with Crippen LogP contribution in [0, 0.1) is 13.8 Å². The molecule has 0 N–H and O–H groups in total. The molecule has 0 saturated carbocycles. The second kappa shape index (κ2) is 6.36. The summed E-state index contributed by atoms with van der Waals surface area (Å²) in [6.45, 7) is 9.89. The van der Waals surface area contributed by atoms with Crippen molar-refractivity contribution in [1.82, 2.24) is 4.90 Å². The Kier molecular flexibility index (Phi) is 4.07. The minimum Gasteiger partial charge on any atom is -0.454 e. The summed E-state index contributed by atoms with van der Waals surface area (Å²) in [6.07, 6.45) is 0. The number of aryl methyl sites for hydroxylation is 2. The van der Waals surface area contributed by atoms with Crippen molar-refractivity contribution in [2.45, 2.75) is 20.4 Å². The third kappa shape index (κ3) is 2.94. The molecule has 0 aromatic heterocycles. The molecule has 2 aromatic rings. The van der Waals surface area contributed by atoms with Crippen LogP contribution in [0.15, 0.2) is 36.4 Å². The van der Waals surface area contributed by atoms with Crippen LogP contribution in [-0.4, -0.2) is 37.9 Å². The Morgan fingerprint density at radius 3 is 2.62 bits per heavy atom. The van der Waals surface area contributed by atoms with Gasteiger partial charge in [-0.1, -0.05) is 24.3 Å². The smallest absolute Gasteiger partial charge is 0.231 e. The average Bonchev–Trinajstić information content (AvgIpc) is 3.08. The zero-order valence-corrected chi connectivity index (χ0v) is 14.4. The lowest BCUT2D eigenvalue weighted by molar-refractivity contribution is 0.171. The van der Waals surface area contributed by atoms with Gasteiger partial charge in [0.2, 0.25) is 6.79 Å². The Bertz CT molecular complexity index is 736. The van der Waals surface area contributed by atoms with E-state index in [1.807, 2.05) is 6.07 Å². The maximum atomic E-state index is 5.63. The number of benzene rings is 2. The molecule has 4 heteroatoms. The highest BCUT2D eigenvalue weighted by atomic mass is 16.7. The lowest BCUT2D eigenvalue weighted by Crippen LogP contribution is -2.46. The molecule has 2 aliphatic heterocycles. The summed E-state index contributed by atoms with van der Waals surface area (Å²) in [7, 11) is 0. The standard InChI is InChI=1S/C20H24N2O2/c1-15-6-7-16(2)18(12-15)22-10-8-21(9-11-22)13-17-4-3-5-19-20(17)24-14-23-19/h3-7,12H,8-11,13-14H2,1-2H3. The van der Waals surface area contributed by atoms with Crippen LogP contribution in [0.5, 0.6) is 11.5 Å². The van der Waals surface area contributed by atoms with Gasteiger partial charge in [-0.05, 0) is 37.1 Å². The molecule has 1 saturated heterocycles. The number of rotatable bonds is 3. The molecule has 2 heterocycles. The van der Waals surface area contributed by atoms with Crippen molar-refractivity contribution < 1.29 is 9.47 Å². The van der Waals surface area contributed by atoms with E-state index in [9.17, 15) is 0 Å². The van der Waals surface area contributed by atoms with Gasteiger partial charge in [-0.2, -0.15) is 0 Å². The van der Waals surface area contributed by atoms with Gasteiger partial charge < -0.3 is 14.4 Å². The Morgan fingerprint density at radius 1 is 0.958 bits per heavy atom. The monoisotopic (exact) mass is 324 g/mol. The highest BCUT2D eigenvalue weighted by molar-refractivity contribution is 5.55. The molecule has 4 nitrogen and oxygen atoms in total. The zero-order chi connectivity index (χ0) is 16.5. The first kappa shape index (κ1) is 15.3. The van der Waals surface area contributed by atoms with Crippen LogP contribution in [0.25, 0.3) is 0 Å². The first-order chi connectivity index (χ1) is 11.7. The molecule has 0 unspecified atom stereocenters. The lowest BCUT2D eigenvalue weighted by Gasteiger charge is -2.37. The van der Waals surface area contributed by atoms with E-state index in [4.69, 9.17) is 9.47 Å². The molecule has 2 aromatic carbocycles. The third-order valence-corrected chi connectivity index (χ3v) is 4.95. The molecule has 1 fully saturated rings. The molecule has 0 atom stereocenters. The quantitative estimate of drug-likeness (QED) is 0.864. The van der Waals surface area contributed by atoms with Crippen molar-refractivity contribution in [3.63, 3.8) is 0 Å². The molecular weight excluding hydrogens is 300 g/mol. The van der Waals surface area contributed by atoms with E-state index >= 15 is 0 Å². The van der Waals surface area contributed by atoms with Crippen LogP contribution in [-0.2, 0) is 6.54 Å². The molecule has 2 aliphatic rings. The number of nitrogens with zero attached hydrogens (tertiary/aromatic N) is 2. The van der Waals surface area contributed by atoms with Gasteiger partial charge in [-0.15, -0.1) is 0 Å². The summed E-state index contributed by atoms with van der Waals surface area (Å²) >= 11 is 0. The number of hydrogen-bond donors (Lipinski definition) is 0. The summed E-state index contributed by atoms with van der Waals surface area (Å²) in [4.78, 5) is 5.01. The Labute approximate surface area is 143 Å². The predicted molar refractivity (Wildman–Crippen MR) is 96.0 cm³/mol. The lowest BCUT2D eigenvalue weighted by atomic mass is 10.1. The molecule has 126 valence electrons. The van der Waals surface area contributed by atoms with Crippen LogP contribution in [0.2, 0.25) is 0 Å². The Balaban J connectivity index is 1.42. The fraction of sp³-hybridized carbons (Fsp3) is 0.400. The van der Waals surface area contributed by atoms with Gasteiger partial charge in [0.25, 0.3) is 0 Å². The fourth-order valence-electron chi connectivity index (χ4n) is 3.56. The van der Waals surface area contributed by atoms with Crippen molar-refractivity contribution in [1.29, 1.82) is 0 Å². The van der Waals surface area contributed by atoms with Gasteiger partial charge in [0.15, 0.2) is 11.5 Å². The van der Waals surface area contributed by atoms with Gasteiger partial charge in [0.05, 0.1) is 0 Å². The van der Waals surface area contributed by atoms with Crippen molar-refractivity contribution in [3.8, 4) is 11.5 Å². The molecule has 0 bridgehead atoms. The van der Waals surface area contributed by atoms with E-state index in [0.717, 1.165) is 44.2 Å². The Morgan fingerprint density at radius 2 is 1.79 bits per heavy atom. The second-order valence-electron chi connectivity index (χ2n) is 6.70. The van der Waals surface area contributed by atoms with E-state index in [1.165, 1.54) is 22.4 Å². The van der Waals surface area contributed by atoms with E-state index in [-0.39, 0.29) is 0 Å². The molecule has 0 radical (unpaired) electrons. The van der Waals surface area contributed by atoms with Crippen molar-refractivity contribution in [3.05, 3.63) is 53.1 Å². The van der Waals surface area contributed by atoms with Crippen LogP contribution < -0.4 is 14.4 Å². The number of piperazine rings is 1. The summed E-state index contributed by atoms with van der Waals surface area (Å²) in [5.41, 5.74) is 5.30. The largest absolute Gasteiger partial charge is 0.454 e. The van der Waals surface area contributed by atoms with E-state index in [2.05, 4.69) is 54.0 Å². The van der Waals surface area contributed by atoms with Gasteiger partial charge in [-0.25, -0.2) is 0 Å². The fourth-order valence-corrected chi connectivity index (χ4v) is 3.56. The number of anilines is 1. The number of fused-ring (bicyclic) bond motifs is 1. The first-order valence-corrected chi connectivity index (χ1v) is 8.63. The van der Waals surface area contributed by atoms with Gasteiger partial charge in [-0.3, -0.25) is 4.90 Å². The number of para-hydroxylation sites is 1. The zero-order valence-electron chi connectivity index (χ0n) is 14.4. The highest BCUT2D eigenvalue weighted by Crippen LogP contribution is 2.36. The molecular formula is C20H24N2O2. The average molecular weight is 324 g/mol. The SMILES string of the molecule is Cc1ccc(C)c(N2CCN(Cc3cccc4c3OCO4)CC2)c1. The topological polar surface area (TPSA) is 24.9 Å².